The first-order valence-corrected chi connectivity index (χ1v) is 15.5. The molecule has 1 aliphatic rings. The Morgan fingerprint density at radius 3 is 1.51 bits per heavy atom. The van der Waals surface area contributed by atoms with Crippen LogP contribution in [0.4, 0.5) is 0 Å². The van der Waals surface area contributed by atoms with Crippen molar-refractivity contribution < 1.29 is 0 Å². The fourth-order valence-electron chi connectivity index (χ4n) is 6.47. The Balaban J connectivity index is 1.85. The van der Waals surface area contributed by atoms with Crippen LogP contribution >= 0.6 is 7.26 Å². The number of rotatable bonds is 7. The molecule has 4 aromatic carbocycles. The van der Waals surface area contributed by atoms with Crippen molar-refractivity contribution in [3.8, 4) is 0 Å². The van der Waals surface area contributed by atoms with Gasteiger partial charge in [-0.2, -0.15) is 0 Å². The van der Waals surface area contributed by atoms with Crippen molar-refractivity contribution in [2.75, 3.05) is 0 Å². The first-order chi connectivity index (χ1) is 17.8. The third kappa shape index (κ3) is 4.51. The lowest BCUT2D eigenvalue weighted by Crippen LogP contribution is -2.36. The van der Waals surface area contributed by atoms with Gasteiger partial charge in [0.15, 0.2) is 0 Å². The molecule has 0 saturated heterocycles. The second kappa shape index (κ2) is 10.1. The van der Waals surface area contributed by atoms with Gasteiger partial charge < -0.3 is 0 Å². The molecule has 1 atom stereocenters. The van der Waals surface area contributed by atoms with Gasteiger partial charge >= 0.3 is 0 Å². The summed E-state index contributed by atoms with van der Waals surface area (Å²) in [5, 5.41) is 4.28. The van der Waals surface area contributed by atoms with Gasteiger partial charge in [0.05, 0.1) is 0 Å². The van der Waals surface area contributed by atoms with Crippen LogP contribution in [0, 0.1) is 0 Å². The summed E-state index contributed by atoms with van der Waals surface area (Å²) in [6.07, 6.45) is 5.52. The van der Waals surface area contributed by atoms with Crippen LogP contribution in [0.2, 0.25) is 0 Å². The Hall–Kier alpha value is -2.95. The lowest BCUT2D eigenvalue weighted by molar-refractivity contribution is 0.331. The standard InChI is InChI=1S/C36H40P/c1-6-16-34(28-23-24-32-33(27-28)36(4,5)26-25-35(32,2)3)37(29-17-10-7-11-18-29,30-19-12-8-13-20-30)31-21-14-9-15-22-31/h6-15,17-24,27,34H,1,16,25-26H2,2-5H3/q+1. The normalized spacial score (nSPS) is 17.0. The summed E-state index contributed by atoms with van der Waals surface area (Å²) < 4.78 is 0. The molecule has 0 nitrogen and oxygen atoms in total. The average molecular weight is 504 g/mol. The summed E-state index contributed by atoms with van der Waals surface area (Å²) in [5.74, 6) is 0. The molecule has 0 amide bonds. The molecule has 1 unspecified atom stereocenters. The highest BCUT2D eigenvalue weighted by Gasteiger charge is 2.53. The van der Waals surface area contributed by atoms with Crippen LogP contribution in [0.25, 0.3) is 0 Å². The van der Waals surface area contributed by atoms with E-state index in [1.54, 1.807) is 0 Å². The molecule has 0 heterocycles. The average Bonchev–Trinajstić information content (AvgIpc) is 2.93. The molecule has 0 saturated carbocycles. The van der Waals surface area contributed by atoms with Crippen LogP contribution in [0.15, 0.2) is 122 Å². The van der Waals surface area contributed by atoms with E-state index in [9.17, 15) is 0 Å². The summed E-state index contributed by atoms with van der Waals surface area (Å²) in [6, 6.07) is 41.3. The summed E-state index contributed by atoms with van der Waals surface area (Å²) >= 11 is 0. The van der Waals surface area contributed by atoms with Crippen LogP contribution in [0.5, 0.6) is 0 Å². The number of hydrogen-bond acceptors (Lipinski definition) is 0. The molecule has 0 aromatic heterocycles. The van der Waals surface area contributed by atoms with Crippen molar-refractivity contribution in [2.24, 2.45) is 0 Å². The predicted molar refractivity (Wildman–Crippen MR) is 164 cm³/mol. The van der Waals surface area contributed by atoms with E-state index in [0.29, 0.717) is 5.66 Å². The maximum atomic E-state index is 4.28. The number of benzene rings is 4. The van der Waals surface area contributed by atoms with Gasteiger partial charge in [-0.05, 0) is 76.8 Å². The first-order valence-electron chi connectivity index (χ1n) is 13.6. The molecule has 5 rings (SSSR count). The Morgan fingerprint density at radius 1 is 0.649 bits per heavy atom. The SMILES string of the molecule is C=CCC(c1ccc2c(c1)C(C)(C)CCC2(C)C)[P+](c1ccccc1)(c1ccccc1)c1ccccc1. The highest BCUT2D eigenvalue weighted by molar-refractivity contribution is 7.96. The topological polar surface area (TPSA) is 0 Å². The van der Waals surface area contributed by atoms with Crippen LogP contribution in [-0.4, -0.2) is 0 Å². The summed E-state index contributed by atoms with van der Waals surface area (Å²) in [6.45, 7) is 14.0. The van der Waals surface area contributed by atoms with Crippen molar-refractivity contribution in [1.82, 2.24) is 0 Å². The quantitative estimate of drug-likeness (QED) is 0.175. The van der Waals surface area contributed by atoms with Gasteiger partial charge in [0.25, 0.3) is 0 Å². The van der Waals surface area contributed by atoms with Crippen molar-refractivity contribution in [3.63, 3.8) is 0 Å². The molecule has 0 aliphatic heterocycles. The minimum absolute atomic E-state index is 0.174. The predicted octanol–water partition coefficient (Wildman–Crippen LogP) is 8.65. The molecule has 0 N–H and O–H groups in total. The summed E-state index contributed by atoms with van der Waals surface area (Å²) in [7, 11) is -2.08. The minimum atomic E-state index is -2.08. The summed E-state index contributed by atoms with van der Waals surface area (Å²) in [4.78, 5) is 0. The highest BCUT2D eigenvalue weighted by Crippen LogP contribution is 2.68. The molecule has 0 fully saturated rings. The Labute approximate surface area is 224 Å². The van der Waals surface area contributed by atoms with Crippen molar-refractivity contribution in [2.45, 2.75) is 63.4 Å². The fraction of sp³-hybridized carbons (Fsp3) is 0.278. The molecule has 1 aliphatic carbocycles. The van der Waals surface area contributed by atoms with Gasteiger partial charge in [0, 0.05) is 6.42 Å². The van der Waals surface area contributed by atoms with E-state index in [2.05, 4.69) is 150 Å². The van der Waals surface area contributed by atoms with Gasteiger partial charge in [0.1, 0.15) is 28.8 Å². The van der Waals surface area contributed by atoms with Crippen LogP contribution in [-0.2, 0) is 10.8 Å². The van der Waals surface area contributed by atoms with E-state index in [4.69, 9.17) is 0 Å². The largest absolute Gasteiger partial charge is 0.119 e. The number of fused-ring (bicyclic) bond motifs is 1. The van der Waals surface area contributed by atoms with Crippen LogP contribution < -0.4 is 15.9 Å². The molecule has 4 aromatic rings. The van der Waals surface area contributed by atoms with Gasteiger partial charge in [-0.25, -0.2) is 0 Å². The fourth-order valence-corrected chi connectivity index (χ4v) is 11.4. The molecule has 37 heavy (non-hydrogen) atoms. The molecular weight excluding hydrogens is 463 g/mol. The van der Waals surface area contributed by atoms with Crippen LogP contribution in [0.1, 0.15) is 69.3 Å². The smallest absolute Gasteiger partial charge is 0.103 e. The Bertz CT molecular complexity index is 1250. The highest BCUT2D eigenvalue weighted by atomic mass is 31.2. The molecular formula is C36H40P+. The maximum Gasteiger partial charge on any atom is 0.119 e. The van der Waals surface area contributed by atoms with E-state index in [1.807, 2.05) is 0 Å². The van der Waals surface area contributed by atoms with Crippen LogP contribution in [0.3, 0.4) is 0 Å². The van der Waals surface area contributed by atoms with Crippen molar-refractivity contribution in [1.29, 1.82) is 0 Å². The zero-order chi connectivity index (χ0) is 26.1. The lowest BCUT2D eigenvalue weighted by Gasteiger charge is -2.43. The van der Waals surface area contributed by atoms with E-state index in [-0.39, 0.29) is 10.8 Å². The summed E-state index contributed by atoms with van der Waals surface area (Å²) in [5.41, 5.74) is 5.17. The molecule has 0 bridgehead atoms. The Kier molecular flexibility index (Phi) is 6.99. The third-order valence-corrected chi connectivity index (χ3v) is 13.4. The molecule has 188 valence electrons. The number of allylic oxidation sites excluding steroid dienone is 1. The van der Waals surface area contributed by atoms with Crippen molar-refractivity contribution in [3.05, 3.63) is 139 Å². The maximum absolute atomic E-state index is 4.28. The monoisotopic (exact) mass is 503 g/mol. The second-order valence-electron chi connectivity index (χ2n) is 11.8. The second-order valence-corrected chi connectivity index (χ2v) is 15.5. The Morgan fingerprint density at radius 2 is 1.08 bits per heavy atom. The van der Waals surface area contributed by atoms with E-state index in [0.717, 1.165) is 6.42 Å². The first kappa shape index (κ1) is 25.7. The molecule has 0 spiro atoms. The van der Waals surface area contributed by atoms with Gasteiger partial charge in [-0.15, -0.1) is 6.58 Å². The number of hydrogen-bond donors (Lipinski definition) is 0. The zero-order valence-corrected chi connectivity index (χ0v) is 23.7. The van der Waals surface area contributed by atoms with Crippen molar-refractivity contribution >= 4 is 23.2 Å². The van der Waals surface area contributed by atoms with E-state index in [1.165, 1.54) is 45.4 Å². The van der Waals surface area contributed by atoms with E-state index >= 15 is 0 Å². The van der Waals surface area contributed by atoms with Gasteiger partial charge in [0.2, 0.25) is 0 Å². The zero-order valence-electron chi connectivity index (χ0n) is 22.8. The minimum Gasteiger partial charge on any atom is -0.103 e. The lowest BCUT2D eigenvalue weighted by atomic mass is 9.63. The van der Waals surface area contributed by atoms with E-state index < -0.39 is 7.26 Å². The molecule has 1 heteroatoms. The van der Waals surface area contributed by atoms with Gasteiger partial charge in [-0.3, -0.25) is 0 Å². The molecule has 0 radical (unpaired) electrons. The third-order valence-electron chi connectivity index (χ3n) is 8.61. The van der Waals surface area contributed by atoms with Gasteiger partial charge in [-0.1, -0.05) is 107 Å².